The smallest absolute Gasteiger partial charge is 0.222 e. The van der Waals surface area contributed by atoms with Crippen LogP contribution in [-0.2, 0) is 0 Å². The highest BCUT2D eigenvalue weighted by atomic mass is 79.9. The van der Waals surface area contributed by atoms with Crippen molar-refractivity contribution >= 4 is 28.5 Å². The molecule has 0 radical (unpaired) electrons. The van der Waals surface area contributed by atoms with Crippen LogP contribution >= 0.6 is 28.5 Å². The molecule has 0 saturated heterocycles. The van der Waals surface area contributed by atoms with Gasteiger partial charge in [0.1, 0.15) is 5.82 Å². The first-order valence-corrected chi connectivity index (χ1v) is 7.35. The van der Waals surface area contributed by atoms with Crippen LogP contribution in [0.15, 0.2) is 53.6 Å². The van der Waals surface area contributed by atoms with Crippen molar-refractivity contribution in [1.29, 1.82) is 0 Å². The molecule has 2 unspecified atom stereocenters. The van der Waals surface area contributed by atoms with Crippen molar-refractivity contribution in [2.75, 3.05) is 7.05 Å². The Kier molecular flexibility index (Phi) is 5.31. The van der Waals surface area contributed by atoms with Gasteiger partial charge in [0.05, 0.1) is 6.04 Å². The zero-order valence-electron chi connectivity index (χ0n) is 11.3. The van der Waals surface area contributed by atoms with E-state index in [4.69, 9.17) is 4.98 Å². The van der Waals surface area contributed by atoms with Crippen molar-refractivity contribution < 1.29 is 0 Å². The van der Waals surface area contributed by atoms with E-state index in [0.29, 0.717) is 12.0 Å². The number of aromatic nitrogens is 2. The van der Waals surface area contributed by atoms with Gasteiger partial charge >= 0.3 is 0 Å². The quantitative estimate of drug-likeness (QED) is 0.798. The molecule has 0 amide bonds. The second-order valence-corrected chi connectivity index (χ2v) is 5.61. The SMILES string of the molecule is Br.C/N=c1\nc(C2C=CC=CC2)n(C2C=CC=CC2)s1. The molecule has 3 rings (SSSR count). The minimum Gasteiger partial charge on any atom is -0.274 e. The second-order valence-electron chi connectivity index (χ2n) is 4.66. The zero-order valence-corrected chi connectivity index (χ0v) is 13.9. The Morgan fingerprint density at radius 2 is 1.90 bits per heavy atom. The number of hydrogen-bond acceptors (Lipinski definition) is 3. The van der Waals surface area contributed by atoms with Crippen LogP contribution in [0.25, 0.3) is 0 Å². The monoisotopic (exact) mass is 351 g/mol. The lowest BCUT2D eigenvalue weighted by molar-refractivity contribution is 0.593. The fraction of sp³-hybridized carbons (Fsp3) is 0.333. The maximum absolute atomic E-state index is 4.70. The highest BCUT2D eigenvalue weighted by Crippen LogP contribution is 2.28. The maximum atomic E-state index is 4.70. The van der Waals surface area contributed by atoms with Crippen molar-refractivity contribution in [1.82, 2.24) is 8.94 Å². The summed E-state index contributed by atoms with van der Waals surface area (Å²) in [6, 6.07) is 0.382. The van der Waals surface area contributed by atoms with E-state index < -0.39 is 0 Å². The summed E-state index contributed by atoms with van der Waals surface area (Å²) in [5.74, 6) is 1.51. The molecule has 1 heterocycles. The summed E-state index contributed by atoms with van der Waals surface area (Å²) < 4.78 is 2.32. The summed E-state index contributed by atoms with van der Waals surface area (Å²) in [6.45, 7) is 0. The first-order valence-electron chi connectivity index (χ1n) is 6.57. The molecule has 0 saturated carbocycles. The van der Waals surface area contributed by atoms with Crippen LogP contribution in [-0.4, -0.2) is 16.0 Å². The molecule has 3 nitrogen and oxygen atoms in total. The van der Waals surface area contributed by atoms with E-state index >= 15 is 0 Å². The lowest BCUT2D eigenvalue weighted by Crippen LogP contribution is -2.12. The van der Waals surface area contributed by atoms with Crippen LogP contribution < -0.4 is 4.80 Å². The summed E-state index contributed by atoms with van der Waals surface area (Å²) in [6.07, 6.45) is 19.4. The van der Waals surface area contributed by atoms with Gasteiger partial charge < -0.3 is 0 Å². The third kappa shape index (κ3) is 3.10. The Morgan fingerprint density at radius 1 is 1.15 bits per heavy atom. The molecule has 2 aliphatic rings. The first kappa shape index (κ1) is 15.2. The van der Waals surface area contributed by atoms with E-state index in [0.717, 1.165) is 23.5 Å². The van der Waals surface area contributed by atoms with E-state index in [1.54, 1.807) is 18.6 Å². The lowest BCUT2D eigenvalue weighted by atomic mass is 9.99. The molecule has 0 fully saturated rings. The zero-order chi connectivity index (χ0) is 13.1. The fourth-order valence-electron chi connectivity index (χ4n) is 2.39. The van der Waals surface area contributed by atoms with E-state index in [1.807, 2.05) is 0 Å². The number of halogens is 1. The van der Waals surface area contributed by atoms with Gasteiger partial charge in [-0.1, -0.05) is 48.6 Å². The van der Waals surface area contributed by atoms with Crippen molar-refractivity contribution in [2.24, 2.45) is 4.99 Å². The van der Waals surface area contributed by atoms with Gasteiger partial charge in [-0.2, -0.15) is 0 Å². The van der Waals surface area contributed by atoms with E-state index in [1.165, 1.54) is 0 Å². The summed E-state index contributed by atoms with van der Waals surface area (Å²) in [4.78, 5) is 9.81. The molecule has 106 valence electrons. The fourth-order valence-corrected chi connectivity index (χ4v) is 3.34. The van der Waals surface area contributed by atoms with Crippen molar-refractivity contribution in [3.63, 3.8) is 0 Å². The molecule has 0 N–H and O–H groups in total. The van der Waals surface area contributed by atoms with Crippen molar-refractivity contribution in [2.45, 2.75) is 24.8 Å². The minimum absolute atomic E-state index is 0. The third-order valence-electron chi connectivity index (χ3n) is 3.38. The molecule has 2 aliphatic carbocycles. The van der Waals surface area contributed by atoms with E-state index in [2.05, 4.69) is 57.6 Å². The highest BCUT2D eigenvalue weighted by Gasteiger charge is 2.20. The summed E-state index contributed by atoms with van der Waals surface area (Å²) in [5, 5.41) is 0. The van der Waals surface area contributed by atoms with Gasteiger partial charge in [-0.3, -0.25) is 8.95 Å². The number of nitrogens with zero attached hydrogens (tertiary/aromatic N) is 3. The first-order chi connectivity index (χ1) is 9.38. The van der Waals surface area contributed by atoms with Gasteiger partial charge in [0, 0.05) is 13.0 Å². The molecule has 20 heavy (non-hydrogen) atoms. The Labute approximate surface area is 133 Å². The van der Waals surface area contributed by atoms with Crippen LogP contribution in [0.1, 0.15) is 30.6 Å². The third-order valence-corrected chi connectivity index (χ3v) is 4.47. The van der Waals surface area contributed by atoms with E-state index in [-0.39, 0.29) is 17.0 Å². The molecule has 1 aromatic rings. The average molecular weight is 352 g/mol. The largest absolute Gasteiger partial charge is 0.274 e. The van der Waals surface area contributed by atoms with Gasteiger partial charge in [0.15, 0.2) is 0 Å². The Bertz CT molecular complexity index is 583. The summed E-state index contributed by atoms with van der Waals surface area (Å²) >= 11 is 1.66. The summed E-state index contributed by atoms with van der Waals surface area (Å²) in [5.41, 5.74) is 0. The maximum Gasteiger partial charge on any atom is 0.222 e. The molecular weight excluding hydrogens is 334 g/mol. The van der Waals surface area contributed by atoms with Crippen LogP contribution in [0.2, 0.25) is 0 Å². The standard InChI is InChI=1S/C15H17N3S.BrH/c1-16-15-17-14(12-8-4-2-5-9-12)18(19-15)13-10-6-3-7-11-13;/h2-8,10,12-13H,9,11H2,1H3;1H/b16-15+;. The second kappa shape index (κ2) is 6.99. The Balaban J connectivity index is 0.00000147. The van der Waals surface area contributed by atoms with Crippen LogP contribution in [0.3, 0.4) is 0 Å². The van der Waals surface area contributed by atoms with Gasteiger partial charge in [0.25, 0.3) is 0 Å². The molecule has 0 spiro atoms. The van der Waals surface area contributed by atoms with Gasteiger partial charge in [-0.15, -0.1) is 17.0 Å². The Morgan fingerprint density at radius 3 is 2.50 bits per heavy atom. The van der Waals surface area contributed by atoms with Crippen LogP contribution in [0.5, 0.6) is 0 Å². The van der Waals surface area contributed by atoms with Crippen molar-refractivity contribution in [3.05, 3.63) is 59.2 Å². The number of rotatable bonds is 2. The van der Waals surface area contributed by atoms with Crippen LogP contribution in [0, 0.1) is 0 Å². The normalized spacial score (nSPS) is 24.9. The Hall–Kier alpha value is -1.20. The average Bonchev–Trinajstić information content (AvgIpc) is 2.93. The molecule has 0 aliphatic heterocycles. The molecule has 0 aromatic carbocycles. The minimum atomic E-state index is 0. The number of allylic oxidation sites excluding steroid dienone is 8. The predicted octanol–water partition coefficient (Wildman–Crippen LogP) is 3.71. The molecule has 0 bridgehead atoms. The lowest BCUT2D eigenvalue weighted by Gasteiger charge is -2.20. The van der Waals surface area contributed by atoms with Gasteiger partial charge in [-0.05, 0) is 24.4 Å². The molecule has 2 atom stereocenters. The summed E-state index contributed by atoms with van der Waals surface area (Å²) in [7, 11) is 1.81. The van der Waals surface area contributed by atoms with E-state index in [9.17, 15) is 0 Å². The van der Waals surface area contributed by atoms with Gasteiger partial charge in [0.2, 0.25) is 4.80 Å². The highest BCUT2D eigenvalue weighted by molar-refractivity contribution is 8.93. The topological polar surface area (TPSA) is 30.2 Å². The van der Waals surface area contributed by atoms with Crippen molar-refractivity contribution in [3.8, 4) is 0 Å². The molecule has 1 aromatic heterocycles. The predicted molar refractivity (Wildman–Crippen MR) is 89.5 cm³/mol. The van der Waals surface area contributed by atoms with Gasteiger partial charge in [-0.25, -0.2) is 4.98 Å². The molecule has 5 heteroatoms. The molecular formula is C15H18BrN3S. The number of hydrogen-bond donors (Lipinski definition) is 0. The van der Waals surface area contributed by atoms with Crippen LogP contribution in [0.4, 0.5) is 0 Å².